The van der Waals surface area contributed by atoms with E-state index >= 15 is 0 Å². The molecule has 1 aromatic heterocycles. The van der Waals surface area contributed by atoms with E-state index in [1.165, 1.54) is 12.1 Å². The van der Waals surface area contributed by atoms with Crippen LogP contribution in [0.4, 0.5) is 4.39 Å². The van der Waals surface area contributed by atoms with Crippen LogP contribution < -0.4 is 0 Å². The van der Waals surface area contributed by atoms with Crippen molar-refractivity contribution >= 4 is 5.91 Å². The molecule has 0 N–H and O–H groups in total. The highest BCUT2D eigenvalue weighted by Gasteiger charge is 2.31. The minimum atomic E-state index is -0.230. The zero-order chi connectivity index (χ0) is 18.5. The van der Waals surface area contributed by atoms with E-state index in [4.69, 9.17) is 4.74 Å². The SMILES string of the molecule is CO[C@H]1CCN(C(=O)CCn2ccc(C)n2)C[C@H]1Cc1ccc(F)cc1. The Kier molecular flexibility index (Phi) is 6.04. The first-order valence-electron chi connectivity index (χ1n) is 9.10. The number of hydrogen-bond acceptors (Lipinski definition) is 3. The maximum atomic E-state index is 13.1. The molecule has 1 fully saturated rings. The van der Waals surface area contributed by atoms with Crippen molar-refractivity contribution in [3.05, 3.63) is 53.6 Å². The summed E-state index contributed by atoms with van der Waals surface area (Å²) in [6.07, 6.45) is 4.08. The second-order valence-corrected chi connectivity index (χ2v) is 6.96. The maximum Gasteiger partial charge on any atom is 0.224 e. The highest BCUT2D eigenvalue weighted by atomic mass is 19.1. The first-order chi connectivity index (χ1) is 12.5. The van der Waals surface area contributed by atoms with E-state index in [9.17, 15) is 9.18 Å². The average molecular weight is 359 g/mol. The van der Waals surface area contributed by atoms with Crippen LogP contribution in [-0.2, 0) is 22.5 Å². The molecule has 2 atom stereocenters. The van der Waals surface area contributed by atoms with Crippen molar-refractivity contribution in [1.29, 1.82) is 0 Å². The Morgan fingerprint density at radius 1 is 1.31 bits per heavy atom. The van der Waals surface area contributed by atoms with E-state index in [2.05, 4.69) is 5.10 Å². The predicted molar refractivity (Wildman–Crippen MR) is 97.2 cm³/mol. The summed E-state index contributed by atoms with van der Waals surface area (Å²) in [5, 5.41) is 4.33. The molecule has 0 unspecified atom stereocenters. The summed E-state index contributed by atoms with van der Waals surface area (Å²) < 4.78 is 20.6. The van der Waals surface area contributed by atoms with Crippen LogP contribution in [0.5, 0.6) is 0 Å². The fourth-order valence-electron chi connectivity index (χ4n) is 3.62. The van der Waals surface area contributed by atoms with Gasteiger partial charge in [0.05, 0.1) is 11.8 Å². The van der Waals surface area contributed by atoms with Crippen LogP contribution in [-0.4, -0.2) is 46.9 Å². The molecular formula is C20H26FN3O2. The number of methoxy groups -OCH3 is 1. The molecule has 1 saturated heterocycles. The standard InChI is InChI=1S/C20H26FN3O2/c1-15-7-11-24(22-15)12-9-20(25)23-10-8-19(26-2)17(14-23)13-16-3-5-18(21)6-4-16/h3-7,11,17,19H,8-10,12-14H2,1-2H3/t17-,19+/m1/s1. The minimum Gasteiger partial charge on any atom is -0.381 e. The van der Waals surface area contributed by atoms with E-state index in [-0.39, 0.29) is 23.7 Å². The third kappa shape index (κ3) is 4.69. The van der Waals surface area contributed by atoms with Crippen LogP contribution in [0, 0.1) is 18.7 Å². The van der Waals surface area contributed by atoms with Crippen molar-refractivity contribution in [2.45, 2.75) is 38.8 Å². The number of carbonyl (C=O) groups excluding carboxylic acids is 1. The number of rotatable bonds is 6. The average Bonchev–Trinajstić information content (AvgIpc) is 3.07. The Balaban J connectivity index is 1.58. The Morgan fingerprint density at radius 3 is 2.73 bits per heavy atom. The first-order valence-corrected chi connectivity index (χ1v) is 9.10. The summed E-state index contributed by atoms with van der Waals surface area (Å²) in [6, 6.07) is 8.52. The van der Waals surface area contributed by atoms with Gasteiger partial charge in [-0.2, -0.15) is 5.10 Å². The summed E-state index contributed by atoms with van der Waals surface area (Å²) in [5.74, 6) is 0.137. The molecule has 1 aromatic carbocycles. The number of aryl methyl sites for hydroxylation is 2. The van der Waals surface area contributed by atoms with Crippen LogP contribution in [0.1, 0.15) is 24.1 Å². The van der Waals surface area contributed by atoms with Gasteiger partial charge in [-0.3, -0.25) is 9.48 Å². The van der Waals surface area contributed by atoms with Gasteiger partial charge in [-0.1, -0.05) is 12.1 Å². The van der Waals surface area contributed by atoms with Gasteiger partial charge >= 0.3 is 0 Å². The molecule has 0 saturated carbocycles. The zero-order valence-corrected chi connectivity index (χ0v) is 15.4. The molecule has 0 aliphatic carbocycles. The molecule has 6 heteroatoms. The van der Waals surface area contributed by atoms with Gasteiger partial charge in [0.25, 0.3) is 0 Å². The zero-order valence-electron chi connectivity index (χ0n) is 15.4. The van der Waals surface area contributed by atoms with Gasteiger partial charge in [0, 0.05) is 45.3 Å². The normalized spacial score (nSPS) is 20.3. The van der Waals surface area contributed by atoms with Gasteiger partial charge in [-0.05, 0) is 43.5 Å². The summed E-state index contributed by atoms with van der Waals surface area (Å²) in [7, 11) is 1.72. The lowest BCUT2D eigenvalue weighted by molar-refractivity contribution is -0.135. The molecule has 1 amide bonds. The number of hydrogen-bond donors (Lipinski definition) is 0. The minimum absolute atomic E-state index is 0.123. The predicted octanol–water partition coefficient (Wildman–Crippen LogP) is 2.83. The molecule has 0 spiro atoms. The fourth-order valence-corrected chi connectivity index (χ4v) is 3.62. The Bertz CT molecular complexity index is 729. The second-order valence-electron chi connectivity index (χ2n) is 6.96. The van der Waals surface area contributed by atoms with Crippen molar-refractivity contribution < 1.29 is 13.9 Å². The number of piperidine rings is 1. The molecule has 2 heterocycles. The third-order valence-corrected chi connectivity index (χ3v) is 5.06. The largest absolute Gasteiger partial charge is 0.381 e. The maximum absolute atomic E-state index is 13.1. The molecule has 0 radical (unpaired) electrons. The lowest BCUT2D eigenvalue weighted by atomic mass is 9.88. The number of ether oxygens (including phenoxy) is 1. The Morgan fingerprint density at radius 2 is 2.08 bits per heavy atom. The van der Waals surface area contributed by atoms with Gasteiger partial charge < -0.3 is 9.64 Å². The van der Waals surface area contributed by atoms with Gasteiger partial charge in [0.2, 0.25) is 5.91 Å². The number of aromatic nitrogens is 2. The van der Waals surface area contributed by atoms with Crippen LogP contribution >= 0.6 is 0 Å². The van der Waals surface area contributed by atoms with Crippen molar-refractivity contribution in [3.63, 3.8) is 0 Å². The molecule has 5 nitrogen and oxygen atoms in total. The lowest BCUT2D eigenvalue weighted by Crippen LogP contribution is -2.47. The smallest absolute Gasteiger partial charge is 0.224 e. The Labute approximate surface area is 153 Å². The quantitative estimate of drug-likeness (QED) is 0.797. The molecule has 1 aliphatic rings. The number of likely N-dealkylation sites (tertiary alicyclic amines) is 1. The number of carbonyl (C=O) groups is 1. The van der Waals surface area contributed by atoms with E-state index in [0.717, 1.165) is 30.6 Å². The summed E-state index contributed by atoms with van der Waals surface area (Å²) >= 11 is 0. The second kappa shape index (κ2) is 8.45. The lowest BCUT2D eigenvalue weighted by Gasteiger charge is -2.38. The fraction of sp³-hybridized carbons (Fsp3) is 0.500. The van der Waals surface area contributed by atoms with E-state index in [1.54, 1.807) is 7.11 Å². The highest BCUT2D eigenvalue weighted by molar-refractivity contribution is 5.76. The molecule has 140 valence electrons. The third-order valence-electron chi connectivity index (χ3n) is 5.06. The number of halogens is 1. The van der Waals surface area contributed by atoms with Crippen LogP contribution in [0.2, 0.25) is 0 Å². The molecule has 1 aliphatic heterocycles. The molecule has 26 heavy (non-hydrogen) atoms. The number of benzene rings is 1. The van der Waals surface area contributed by atoms with Crippen LogP contribution in [0.15, 0.2) is 36.5 Å². The summed E-state index contributed by atoms with van der Waals surface area (Å²) in [6.45, 7) is 3.93. The number of nitrogens with zero attached hydrogens (tertiary/aromatic N) is 3. The van der Waals surface area contributed by atoms with Gasteiger partial charge in [-0.25, -0.2) is 4.39 Å². The number of amides is 1. The van der Waals surface area contributed by atoms with Gasteiger partial charge in [-0.15, -0.1) is 0 Å². The molecular weight excluding hydrogens is 333 g/mol. The van der Waals surface area contributed by atoms with Crippen molar-refractivity contribution in [3.8, 4) is 0 Å². The monoisotopic (exact) mass is 359 g/mol. The van der Waals surface area contributed by atoms with E-state index < -0.39 is 0 Å². The van der Waals surface area contributed by atoms with Crippen LogP contribution in [0.3, 0.4) is 0 Å². The first kappa shape index (κ1) is 18.6. The van der Waals surface area contributed by atoms with Crippen molar-refractivity contribution in [2.24, 2.45) is 5.92 Å². The van der Waals surface area contributed by atoms with Gasteiger partial charge in [0.15, 0.2) is 0 Å². The molecule has 2 aromatic rings. The summed E-state index contributed by atoms with van der Waals surface area (Å²) in [4.78, 5) is 14.5. The van der Waals surface area contributed by atoms with E-state index in [1.807, 2.05) is 40.9 Å². The van der Waals surface area contributed by atoms with Crippen molar-refractivity contribution in [2.75, 3.05) is 20.2 Å². The molecule has 0 bridgehead atoms. The highest BCUT2D eigenvalue weighted by Crippen LogP contribution is 2.24. The van der Waals surface area contributed by atoms with Crippen molar-refractivity contribution in [1.82, 2.24) is 14.7 Å². The van der Waals surface area contributed by atoms with E-state index in [0.29, 0.717) is 19.5 Å². The van der Waals surface area contributed by atoms with Gasteiger partial charge in [0.1, 0.15) is 5.82 Å². The van der Waals surface area contributed by atoms with Crippen LogP contribution in [0.25, 0.3) is 0 Å². The summed E-state index contributed by atoms with van der Waals surface area (Å²) in [5.41, 5.74) is 2.03. The topological polar surface area (TPSA) is 47.4 Å². The Hall–Kier alpha value is -2.21. The molecule has 3 rings (SSSR count).